The summed E-state index contributed by atoms with van der Waals surface area (Å²) >= 11 is 1.62. The van der Waals surface area contributed by atoms with Crippen LogP contribution in [0.2, 0.25) is 0 Å². The fourth-order valence-corrected chi connectivity index (χ4v) is 4.30. The lowest BCUT2D eigenvalue weighted by Crippen LogP contribution is -2.38. The number of hydrogen-bond acceptors (Lipinski definition) is 4. The summed E-state index contributed by atoms with van der Waals surface area (Å²) in [7, 11) is 1.97. The van der Waals surface area contributed by atoms with Gasteiger partial charge in [-0.2, -0.15) is 5.10 Å². The lowest BCUT2D eigenvalue weighted by Gasteiger charge is -2.13. The number of aryl methyl sites for hydroxylation is 2. The monoisotopic (exact) mass is 399 g/mol. The van der Waals surface area contributed by atoms with E-state index in [4.69, 9.17) is 0 Å². The van der Waals surface area contributed by atoms with Crippen LogP contribution in [0.1, 0.15) is 34.9 Å². The summed E-state index contributed by atoms with van der Waals surface area (Å²) in [5.74, 6) is 0.724. The van der Waals surface area contributed by atoms with Gasteiger partial charge in [0.2, 0.25) is 0 Å². The molecule has 0 saturated carbocycles. The number of nitrogens with one attached hydrogen (secondary N) is 2. The molecule has 0 fully saturated rings. The van der Waals surface area contributed by atoms with Crippen LogP contribution in [0.15, 0.2) is 35.3 Å². The summed E-state index contributed by atoms with van der Waals surface area (Å²) in [5, 5.41) is 22.8. The molecule has 2 aromatic heterocycles. The van der Waals surface area contributed by atoms with Crippen LogP contribution in [0.25, 0.3) is 10.1 Å². The van der Waals surface area contributed by atoms with Crippen molar-refractivity contribution in [1.82, 2.24) is 20.4 Å². The third-order valence-electron chi connectivity index (χ3n) is 4.87. The van der Waals surface area contributed by atoms with Crippen molar-refractivity contribution < 1.29 is 5.11 Å². The van der Waals surface area contributed by atoms with Gasteiger partial charge in [-0.15, -0.1) is 11.3 Å². The van der Waals surface area contributed by atoms with Crippen molar-refractivity contribution in [3.8, 4) is 0 Å². The van der Waals surface area contributed by atoms with E-state index in [9.17, 15) is 5.11 Å². The smallest absolute Gasteiger partial charge is 0.191 e. The molecule has 6 nitrogen and oxygen atoms in total. The molecule has 0 aliphatic carbocycles. The molecule has 3 rings (SSSR count). The van der Waals surface area contributed by atoms with Crippen LogP contribution in [-0.2, 0) is 13.5 Å². The van der Waals surface area contributed by atoms with Crippen LogP contribution >= 0.6 is 11.3 Å². The Balaban J connectivity index is 1.60. The van der Waals surface area contributed by atoms with Crippen molar-refractivity contribution in [2.24, 2.45) is 12.0 Å². The van der Waals surface area contributed by atoms with Gasteiger partial charge in [0, 0.05) is 35.4 Å². The number of benzene rings is 1. The summed E-state index contributed by atoms with van der Waals surface area (Å²) in [4.78, 5) is 5.52. The van der Waals surface area contributed by atoms with Gasteiger partial charge in [-0.3, -0.25) is 9.67 Å². The Hall–Kier alpha value is -2.38. The average molecular weight is 400 g/mol. The van der Waals surface area contributed by atoms with Gasteiger partial charge in [0.1, 0.15) is 6.10 Å². The summed E-state index contributed by atoms with van der Waals surface area (Å²) in [5.41, 5.74) is 3.54. The predicted molar refractivity (Wildman–Crippen MR) is 117 cm³/mol. The second kappa shape index (κ2) is 9.21. The van der Waals surface area contributed by atoms with Crippen LogP contribution in [0.3, 0.4) is 0 Å². The number of hydrogen-bond donors (Lipinski definition) is 3. The first kappa shape index (κ1) is 20.4. The number of aliphatic hydroxyl groups is 1. The van der Waals surface area contributed by atoms with Gasteiger partial charge in [-0.25, -0.2) is 0 Å². The average Bonchev–Trinajstić information content (AvgIpc) is 3.22. The Morgan fingerprint density at radius 3 is 2.75 bits per heavy atom. The zero-order valence-corrected chi connectivity index (χ0v) is 17.8. The molecule has 1 unspecified atom stereocenters. The first-order valence-corrected chi connectivity index (χ1v) is 10.5. The minimum absolute atomic E-state index is 0.326. The van der Waals surface area contributed by atoms with Gasteiger partial charge in [-0.1, -0.05) is 18.2 Å². The third kappa shape index (κ3) is 4.72. The normalized spacial score (nSPS) is 13.1. The first-order valence-electron chi connectivity index (χ1n) is 9.67. The van der Waals surface area contributed by atoms with Crippen LogP contribution in [-0.4, -0.2) is 40.5 Å². The highest BCUT2D eigenvalue weighted by atomic mass is 32.1. The number of aliphatic hydroxyl groups excluding tert-OH is 1. The molecule has 3 aromatic rings. The molecule has 0 spiro atoms. The fourth-order valence-electron chi connectivity index (χ4n) is 3.26. The van der Waals surface area contributed by atoms with Gasteiger partial charge in [0.05, 0.1) is 12.2 Å². The van der Waals surface area contributed by atoms with E-state index < -0.39 is 6.10 Å². The SMILES string of the molecule is CCNC(=NCC(O)c1cc2ccccc2s1)NCCc1c(C)nn(C)c1C. The number of nitrogens with zero attached hydrogens (tertiary/aromatic N) is 3. The van der Waals surface area contributed by atoms with Gasteiger partial charge in [0.25, 0.3) is 0 Å². The van der Waals surface area contributed by atoms with Crippen molar-refractivity contribution in [2.45, 2.75) is 33.3 Å². The summed E-state index contributed by atoms with van der Waals surface area (Å²) in [6.45, 7) is 8.04. The molecule has 1 aromatic carbocycles. The highest BCUT2D eigenvalue weighted by molar-refractivity contribution is 7.19. The van der Waals surface area contributed by atoms with Crippen LogP contribution in [0.5, 0.6) is 0 Å². The van der Waals surface area contributed by atoms with E-state index in [-0.39, 0.29) is 0 Å². The van der Waals surface area contributed by atoms with Crippen molar-refractivity contribution in [1.29, 1.82) is 0 Å². The molecular formula is C21H29N5OS. The molecule has 0 bridgehead atoms. The maximum Gasteiger partial charge on any atom is 0.191 e. The molecule has 0 saturated heterocycles. The number of guanidine groups is 1. The molecule has 1 atom stereocenters. The van der Waals surface area contributed by atoms with E-state index in [1.165, 1.54) is 16.0 Å². The van der Waals surface area contributed by atoms with Gasteiger partial charge < -0.3 is 15.7 Å². The number of fused-ring (bicyclic) bond motifs is 1. The summed E-state index contributed by atoms with van der Waals surface area (Å²) in [6.07, 6.45) is 0.282. The highest BCUT2D eigenvalue weighted by Crippen LogP contribution is 2.29. The standard InChI is InChI=1S/C21H29N5OS/c1-5-22-21(23-11-10-17-14(2)25-26(4)15(17)3)24-13-18(27)20-12-16-8-6-7-9-19(16)28-20/h6-9,12,18,27H,5,10-11,13H2,1-4H3,(H2,22,23,24). The topological polar surface area (TPSA) is 74.5 Å². The molecule has 7 heteroatoms. The Kier molecular flexibility index (Phi) is 6.70. The van der Waals surface area contributed by atoms with E-state index in [2.05, 4.69) is 45.8 Å². The lowest BCUT2D eigenvalue weighted by molar-refractivity contribution is 0.191. The fraction of sp³-hybridized carbons (Fsp3) is 0.429. The second-order valence-electron chi connectivity index (χ2n) is 6.87. The molecule has 2 heterocycles. The van der Waals surface area contributed by atoms with Crippen LogP contribution < -0.4 is 10.6 Å². The lowest BCUT2D eigenvalue weighted by atomic mass is 10.1. The molecule has 3 N–H and O–H groups in total. The number of aliphatic imine (C=N–C) groups is 1. The van der Waals surface area contributed by atoms with E-state index in [1.54, 1.807) is 11.3 Å². The maximum absolute atomic E-state index is 10.6. The highest BCUT2D eigenvalue weighted by Gasteiger charge is 2.12. The predicted octanol–water partition coefficient (Wildman–Crippen LogP) is 3.08. The molecule has 0 amide bonds. The molecule has 0 aliphatic rings. The summed E-state index contributed by atoms with van der Waals surface area (Å²) in [6, 6.07) is 10.2. The van der Waals surface area contributed by atoms with E-state index in [0.29, 0.717) is 6.54 Å². The largest absolute Gasteiger partial charge is 0.386 e. The number of rotatable bonds is 7. The van der Waals surface area contributed by atoms with E-state index in [0.717, 1.165) is 41.4 Å². The number of thiophene rings is 1. The Labute approximate surface area is 170 Å². The van der Waals surface area contributed by atoms with Crippen molar-refractivity contribution >= 4 is 27.4 Å². The van der Waals surface area contributed by atoms with Gasteiger partial charge in [0.15, 0.2) is 5.96 Å². The molecule has 0 radical (unpaired) electrons. The minimum atomic E-state index is -0.601. The van der Waals surface area contributed by atoms with Gasteiger partial charge >= 0.3 is 0 Å². The number of aromatic nitrogens is 2. The zero-order valence-electron chi connectivity index (χ0n) is 17.0. The first-order chi connectivity index (χ1) is 13.5. The van der Waals surface area contributed by atoms with Crippen LogP contribution in [0.4, 0.5) is 0 Å². The third-order valence-corrected chi connectivity index (χ3v) is 6.08. The Morgan fingerprint density at radius 1 is 1.29 bits per heavy atom. The Morgan fingerprint density at radius 2 is 2.07 bits per heavy atom. The van der Waals surface area contributed by atoms with E-state index in [1.807, 2.05) is 37.7 Å². The van der Waals surface area contributed by atoms with Crippen molar-refractivity contribution in [2.75, 3.05) is 19.6 Å². The van der Waals surface area contributed by atoms with Crippen molar-refractivity contribution in [3.05, 3.63) is 52.2 Å². The quantitative estimate of drug-likeness (QED) is 0.422. The minimum Gasteiger partial charge on any atom is -0.386 e. The summed E-state index contributed by atoms with van der Waals surface area (Å²) < 4.78 is 3.11. The second-order valence-corrected chi connectivity index (χ2v) is 7.99. The molecule has 0 aliphatic heterocycles. The zero-order chi connectivity index (χ0) is 20.1. The van der Waals surface area contributed by atoms with Crippen LogP contribution in [0, 0.1) is 13.8 Å². The Bertz CT molecular complexity index is 926. The molecule has 28 heavy (non-hydrogen) atoms. The molecule has 150 valence electrons. The van der Waals surface area contributed by atoms with Crippen molar-refractivity contribution in [3.63, 3.8) is 0 Å². The van der Waals surface area contributed by atoms with E-state index >= 15 is 0 Å². The molecular weight excluding hydrogens is 370 g/mol. The maximum atomic E-state index is 10.6. The van der Waals surface area contributed by atoms with Gasteiger partial charge in [-0.05, 0) is 50.3 Å².